The number of hydrogen-bond donors (Lipinski definition) is 7. The van der Waals surface area contributed by atoms with E-state index >= 15 is 0 Å². The number of carbonyl (C=O) groups is 5. The van der Waals surface area contributed by atoms with Crippen molar-refractivity contribution in [2.75, 3.05) is 17.6 Å². The van der Waals surface area contributed by atoms with Crippen LogP contribution in [0, 0.1) is 0 Å². The molecule has 3 rings (SSSR count). The van der Waals surface area contributed by atoms with Gasteiger partial charge in [-0.15, -0.1) is 0 Å². The van der Waals surface area contributed by atoms with Crippen LogP contribution in [-0.4, -0.2) is 73.4 Å². The third kappa shape index (κ3) is 9.56. The maximum Gasteiger partial charge on any atom is 0.330 e. The number of amides is 2. The van der Waals surface area contributed by atoms with Gasteiger partial charge in [-0.1, -0.05) is 0 Å². The third-order valence-corrected chi connectivity index (χ3v) is 5.92. The number of carboxylic acids is 1. The number of esters is 2. The number of rotatable bonds is 14. The highest BCUT2D eigenvalue weighted by Crippen LogP contribution is 2.12. The summed E-state index contributed by atoms with van der Waals surface area (Å²) in [5.74, 6) is -4.53. The molecule has 0 aliphatic carbocycles. The summed E-state index contributed by atoms with van der Waals surface area (Å²) < 4.78 is 4.64. The van der Waals surface area contributed by atoms with Gasteiger partial charge in [0.05, 0.1) is 18.4 Å². The molecule has 2 aromatic heterocycles. The number of nitrogens with one attached hydrogen (secondary N) is 4. The topological polar surface area (TPSA) is 274 Å². The van der Waals surface area contributed by atoms with Gasteiger partial charge in [-0.25, -0.2) is 19.6 Å². The summed E-state index contributed by atoms with van der Waals surface area (Å²) in [6, 6.07) is 3.41. The average molecular weight is 598 g/mol. The first kappa shape index (κ1) is 32.1. The van der Waals surface area contributed by atoms with Crippen molar-refractivity contribution < 1.29 is 33.8 Å². The van der Waals surface area contributed by atoms with Gasteiger partial charge < -0.3 is 37.3 Å². The number of nitrogens with two attached hydrogens (primary N) is 2. The Morgan fingerprint density at radius 2 is 1.79 bits per heavy atom. The van der Waals surface area contributed by atoms with E-state index in [2.05, 4.69) is 40.6 Å². The Labute approximate surface area is 243 Å². The molecule has 2 heterocycles. The van der Waals surface area contributed by atoms with E-state index in [4.69, 9.17) is 11.5 Å². The normalized spacial score (nSPS) is 12.1. The van der Waals surface area contributed by atoms with E-state index in [9.17, 15) is 33.9 Å². The number of anilines is 2. The fourth-order valence-corrected chi connectivity index (χ4v) is 3.68. The molecule has 0 fully saturated rings. The highest BCUT2D eigenvalue weighted by molar-refractivity contribution is 5.97. The molecule has 2 atom stereocenters. The first-order valence-corrected chi connectivity index (χ1v) is 13.1. The van der Waals surface area contributed by atoms with Crippen molar-refractivity contribution in [2.24, 2.45) is 5.73 Å². The lowest BCUT2D eigenvalue weighted by Crippen LogP contribution is -2.41. The van der Waals surface area contributed by atoms with Crippen LogP contribution >= 0.6 is 0 Å². The molecule has 43 heavy (non-hydrogen) atoms. The van der Waals surface area contributed by atoms with Crippen LogP contribution in [0.5, 0.6) is 0 Å². The summed E-state index contributed by atoms with van der Waals surface area (Å²) >= 11 is 0. The van der Waals surface area contributed by atoms with Gasteiger partial charge in [0, 0.05) is 30.6 Å². The smallest absolute Gasteiger partial charge is 0.330 e. The van der Waals surface area contributed by atoms with Crippen LogP contribution in [0.25, 0.3) is 11.2 Å². The minimum atomic E-state index is -1.45. The quantitative estimate of drug-likeness (QED) is 0.0884. The molecule has 0 unspecified atom stereocenters. The molecule has 0 aliphatic heterocycles. The Hall–Kier alpha value is -5.45. The Balaban J connectivity index is 1.48. The van der Waals surface area contributed by atoms with Crippen LogP contribution in [0.3, 0.4) is 0 Å². The number of carboxylic acid groups (broad SMARTS) is 1. The van der Waals surface area contributed by atoms with E-state index in [0.29, 0.717) is 17.9 Å². The largest absolute Gasteiger partial charge is 0.480 e. The first-order chi connectivity index (χ1) is 20.5. The number of nitrogen functional groups attached to an aromatic ring is 1. The molecule has 1 aromatic carbocycles. The number of carbonyl (C=O) groups excluding carboxylic acids is 4. The second-order valence-corrected chi connectivity index (χ2v) is 9.21. The van der Waals surface area contributed by atoms with Crippen molar-refractivity contribution in [3.05, 3.63) is 52.1 Å². The van der Waals surface area contributed by atoms with Gasteiger partial charge in [0.2, 0.25) is 11.9 Å². The Morgan fingerprint density at radius 3 is 2.47 bits per heavy atom. The van der Waals surface area contributed by atoms with Crippen molar-refractivity contribution in [1.82, 2.24) is 30.6 Å². The van der Waals surface area contributed by atoms with Gasteiger partial charge >= 0.3 is 17.9 Å². The zero-order valence-electron chi connectivity index (χ0n) is 23.1. The molecule has 17 nitrogen and oxygen atoms in total. The summed E-state index contributed by atoms with van der Waals surface area (Å²) in [6.07, 6.45) is 0.536. The Bertz CT molecular complexity index is 1560. The lowest BCUT2D eigenvalue weighted by molar-refractivity contribution is -0.160. The van der Waals surface area contributed by atoms with E-state index in [-0.39, 0.29) is 54.4 Å². The van der Waals surface area contributed by atoms with Crippen molar-refractivity contribution in [3.63, 3.8) is 0 Å². The number of nitrogens with zero attached hydrogens (tertiary/aromatic N) is 3. The van der Waals surface area contributed by atoms with Crippen LogP contribution in [0.4, 0.5) is 11.6 Å². The monoisotopic (exact) mass is 597 g/mol. The van der Waals surface area contributed by atoms with Gasteiger partial charge in [0.15, 0.2) is 11.2 Å². The number of fused-ring (bicyclic) bond motifs is 1. The predicted molar refractivity (Wildman–Crippen MR) is 151 cm³/mol. The maximum atomic E-state index is 12.6. The second-order valence-electron chi connectivity index (χ2n) is 9.21. The van der Waals surface area contributed by atoms with E-state index in [1.807, 2.05) is 0 Å². The lowest BCUT2D eigenvalue weighted by Gasteiger charge is -2.15. The zero-order chi connectivity index (χ0) is 31.5. The van der Waals surface area contributed by atoms with Crippen molar-refractivity contribution in [3.8, 4) is 0 Å². The molecule has 0 spiro atoms. The van der Waals surface area contributed by atoms with Crippen LogP contribution in [-0.2, 0) is 30.5 Å². The first-order valence-electron chi connectivity index (χ1n) is 13.1. The standard InChI is InChI=1S/C26H31N9O8/c1-2-29-18(36)9-7-16(27)25(42)43-19(37)10-8-17(24(40)41)33-22(38)13-3-5-14(6-4-13)30-11-15-12-31-21-20(32-15)23(39)35-26(28)34-21/h3-6,12,16-17,30H,2,7-11,27H2,1H3,(H,29,36)(H,33,38)(H,40,41)(H3,28,31,34,35,39)/t16-,17-/m0/s1. The van der Waals surface area contributed by atoms with Crippen molar-refractivity contribution in [1.29, 1.82) is 0 Å². The Kier molecular flexibility index (Phi) is 11.2. The molecule has 0 radical (unpaired) electrons. The molecule has 2 amide bonds. The van der Waals surface area contributed by atoms with Crippen LogP contribution in [0.15, 0.2) is 35.3 Å². The highest BCUT2D eigenvalue weighted by Gasteiger charge is 2.24. The molecule has 228 valence electrons. The molecular weight excluding hydrogens is 566 g/mol. The molecule has 0 saturated carbocycles. The fourth-order valence-electron chi connectivity index (χ4n) is 3.68. The number of H-pyrrole nitrogens is 1. The van der Waals surface area contributed by atoms with E-state index in [1.165, 1.54) is 18.3 Å². The molecular formula is C26H31N9O8. The van der Waals surface area contributed by atoms with E-state index in [0.717, 1.165) is 0 Å². The van der Waals surface area contributed by atoms with Gasteiger partial charge in [0.25, 0.3) is 11.5 Å². The number of hydrogen-bond acceptors (Lipinski definition) is 13. The van der Waals surface area contributed by atoms with Gasteiger partial charge in [-0.2, -0.15) is 4.98 Å². The summed E-state index contributed by atoms with van der Waals surface area (Å²) in [7, 11) is 0. The van der Waals surface area contributed by atoms with Crippen LogP contribution in [0.2, 0.25) is 0 Å². The van der Waals surface area contributed by atoms with Gasteiger partial charge in [-0.05, 0) is 44.0 Å². The van der Waals surface area contributed by atoms with E-state index < -0.39 is 47.9 Å². The molecule has 0 aliphatic rings. The zero-order valence-corrected chi connectivity index (χ0v) is 23.1. The lowest BCUT2D eigenvalue weighted by atomic mass is 10.1. The maximum absolute atomic E-state index is 12.6. The van der Waals surface area contributed by atoms with Crippen LogP contribution < -0.4 is 33.0 Å². The summed E-state index contributed by atoms with van der Waals surface area (Å²) in [5.41, 5.74) is 11.9. The minimum Gasteiger partial charge on any atom is -0.480 e. The van der Waals surface area contributed by atoms with Crippen molar-refractivity contribution >= 4 is 52.5 Å². The molecule has 0 saturated heterocycles. The summed E-state index contributed by atoms with van der Waals surface area (Å²) in [6.45, 7) is 2.35. The van der Waals surface area contributed by atoms with Crippen LogP contribution in [0.1, 0.15) is 48.7 Å². The van der Waals surface area contributed by atoms with E-state index in [1.54, 1.807) is 19.1 Å². The molecule has 9 N–H and O–H groups in total. The summed E-state index contributed by atoms with van der Waals surface area (Å²) in [5, 5.41) is 17.4. The van der Waals surface area contributed by atoms with Gasteiger partial charge in [-0.3, -0.25) is 24.2 Å². The second kappa shape index (κ2) is 15.0. The summed E-state index contributed by atoms with van der Waals surface area (Å²) in [4.78, 5) is 86.4. The highest BCUT2D eigenvalue weighted by atomic mass is 16.6. The van der Waals surface area contributed by atoms with Gasteiger partial charge in [0.1, 0.15) is 12.1 Å². The Morgan fingerprint density at radius 1 is 1.07 bits per heavy atom. The molecule has 17 heteroatoms. The number of ether oxygens (including phenoxy) is 1. The van der Waals surface area contributed by atoms with Crippen molar-refractivity contribution in [2.45, 2.75) is 51.2 Å². The third-order valence-electron chi connectivity index (χ3n) is 5.92. The average Bonchev–Trinajstić information content (AvgIpc) is 2.97. The number of aliphatic carboxylic acids is 1. The SMILES string of the molecule is CCNC(=O)CC[C@H](N)C(=O)OC(=O)CC[C@H](NC(=O)c1ccc(NCc2cnc3nc(N)[nH]c(=O)c3n2)cc1)C(=O)O. The number of aromatic amines is 1. The predicted octanol–water partition coefficient (Wildman–Crippen LogP) is -0.816. The molecule has 3 aromatic rings. The fraction of sp³-hybridized carbons (Fsp3) is 0.346. The number of benzene rings is 1. The number of aromatic nitrogens is 4. The minimum absolute atomic E-state index is 0.0297. The molecule has 0 bridgehead atoms.